The minimum absolute atomic E-state index is 0.0575. The molecule has 0 aliphatic heterocycles. The predicted octanol–water partition coefficient (Wildman–Crippen LogP) is 4.11. The first-order valence-electron chi connectivity index (χ1n) is 8.19. The predicted molar refractivity (Wildman–Crippen MR) is 101 cm³/mol. The van der Waals surface area contributed by atoms with E-state index in [0.29, 0.717) is 16.8 Å². The molecule has 1 amide bonds. The topological polar surface area (TPSA) is 102 Å². The fourth-order valence-electron chi connectivity index (χ4n) is 2.33. The minimum Gasteiger partial charge on any atom is -0.508 e. The highest BCUT2D eigenvalue weighted by molar-refractivity contribution is 6.00. The number of primary amides is 1. The molecule has 132 valence electrons. The van der Waals surface area contributed by atoms with Crippen molar-refractivity contribution in [2.45, 2.75) is 48.5 Å². The van der Waals surface area contributed by atoms with Gasteiger partial charge in [-0.2, -0.15) is 0 Å². The average molecular weight is 331 g/mol. The molecule has 0 fully saturated rings. The number of nitrogens with zero attached hydrogens (tertiary/aromatic N) is 1. The van der Waals surface area contributed by atoms with Gasteiger partial charge in [-0.05, 0) is 49.6 Å². The molecule has 1 aromatic carbocycles. The molecule has 5 nitrogen and oxygen atoms in total. The number of phenolic OH excluding ortho intramolecular Hbond substituents is 1. The van der Waals surface area contributed by atoms with Crippen LogP contribution in [-0.4, -0.2) is 16.0 Å². The van der Waals surface area contributed by atoms with Crippen LogP contribution in [0.25, 0.3) is 11.1 Å². The van der Waals surface area contributed by atoms with Gasteiger partial charge in [-0.3, -0.25) is 4.79 Å². The zero-order valence-electron chi connectivity index (χ0n) is 15.7. The second-order valence-electron chi connectivity index (χ2n) is 4.84. The summed E-state index contributed by atoms with van der Waals surface area (Å²) in [6.45, 7) is 13.5. The van der Waals surface area contributed by atoms with Crippen LogP contribution in [0.3, 0.4) is 0 Å². The Labute approximate surface area is 144 Å². The number of nitrogens with two attached hydrogens (primary N) is 2. The number of hydrogen-bond acceptors (Lipinski definition) is 4. The maximum absolute atomic E-state index is 11.4. The van der Waals surface area contributed by atoms with E-state index in [1.54, 1.807) is 32.0 Å². The molecule has 1 aromatic heterocycles. The van der Waals surface area contributed by atoms with Crippen LogP contribution >= 0.6 is 0 Å². The van der Waals surface area contributed by atoms with Crippen molar-refractivity contribution in [2.24, 2.45) is 5.73 Å². The van der Waals surface area contributed by atoms with E-state index in [2.05, 4.69) is 4.98 Å². The molecule has 0 aliphatic carbocycles. The van der Waals surface area contributed by atoms with E-state index in [1.165, 1.54) is 0 Å². The number of amides is 1. The van der Waals surface area contributed by atoms with Gasteiger partial charge in [-0.15, -0.1) is 0 Å². The van der Waals surface area contributed by atoms with E-state index >= 15 is 0 Å². The number of rotatable bonds is 2. The summed E-state index contributed by atoms with van der Waals surface area (Å²) in [6.07, 6.45) is 0. The van der Waals surface area contributed by atoms with Crippen molar-refractivity contribution in [1.29, 1.82) is 0 Å². The molecule has 0 atom stereocenters. The third-order valence-electron chi connectivity index (χ3n) is 3.33. The lowest BCUT2D eigenvalue weighted by Crippen LogP contribution is -2.17. The number of aryl methyl sites for hydroxylation is 2. The van der Waals surface area contributed by atoms with E-state index in [1.807, 2.05) is 34.6 Å². The molecular weight excluding hydrogens is 302 g/mol. The van der Waals surface area contributed by atoms with Crippen LogP contribution in [0.5, 0.6) is 5.75 Å². The van der Waals surface area contributed by atoms with Gasteiger partial charge in [0.15, 0.2) is 5.69 Å². The van der Waals surface area contributed by atoms with Crippen molar-refractivity contribution >= 4 is 11.6 Å². The summed E-state index contributed by atoms with van der Waals surface area (Å²) in [5.74, 6) is -0.483. The third-order valence-corrected chi connectivity index (χ3v) is 3.33. The molecule has 5 heteroatoms. The summed E-state index contributed by atoms with van der Waals surface area (Å²) < 4.78 is 0. The molecule has 0 saturated heterocycles. The third kappa shape index (κ3) is 4.47. The average Bonchev–Trinajstić information content (AvgIpc) is 2.57. The first-order chi connectivity index (χ1) is 11.3. The number of phenols is 1. The van der Waals surface area contributed by atoms with E-state index < -0.39 is 5.91 Å². The maximum Gasteiger partial charge on any atom is 0.269 e. The quantitative estimate of drug-likeness (QED) is 0.770. The van der Waals surface area contributed by atoms with Crippen molar-refractivity contribution in [3.05, 3.63) is 40.7 Å². The van der Waals surface area contributed by atoms with E-state index in [9.17, 15) is 9.90 Å². The number of anilines is 1. The monoisotopic (exact) mass is 331 g/mol. The SMILES string of the molecule is CC.CC.Cc1cc(-c2c(C)ccc(O)c2C)c(N)c(C(N)=O)n1. The van der Waals surface area contributed by atoms with Gasteiger partial charge in [-0.25, -0.2) is 4.98 Å². The summed E-state index contributed by atoms with van der Waals surface area (Å²) in [4.78, 5) is 15.5. The molecular formula is C19H29N3O2. The number of carbonyl (C=O) groups excluding carboxylic acids is 1. The molecule has 0 unspecified atom stereocenters. The van der Waals surface area contributed by atoms with Gasteiger partial charge in [0.25, 0.3) is 5.91 Å². The van der Waals surface area contributed by atoms with Gasteiger partial charge in [-0.1, -0.05) is 33.8 Å². The Morgan fingerprint density at radius 2 is 1.62 bits per heavy atom. The molecule has 2 aromatic rings. The zero-order chi connectivity index (χ0) is 19.0. The number of nitrogen functional groups attached to an aromatic ring is 1. The van der Waals surface area contributed by atoms with Crippen LogP contribution in [0.1, 0.15) is 55.0 Å². The van der Waals surface area contributed by atoms with Crippen LogP contribution in [0, 0.1) is 20.8 Å². The van der Waals surface area contributed by atoms with Crippen LogP contribution in [0.4, 0.5) is 5.69 Å². The lowest BCUT2D eigenvalue weighted by Gasteiger charge is -2.15. The van der Waals surface area contributed by atoms with Crippen molar-refractivity contribution < 1.29 is 9.90 Å². The van der Waals surface area contributed by atoms with Crippen LogP contribution in [0.2, 0.25) is 0 Å². The van der Waals surface area contributed by atoms with E-state index in [0.717, 1.165) is 11.1 Å². The Kier molecular flexibility index (Phi) is 8.53. The minimum atomic E-state index is -0.664. The zero-order valence-corrected chi connectivity index (χ0v) is 15.7. The van der Waals surface area contributed by atoms with Gasteiger partial charge >= 0.3 is 0 Å². The second-order valence-corrected chi connectivity index (χ2v) is 4.84. The Morgan fingerprint density at radius 3 is 2.12 bits per heavy atom. The number of aromatic nitrogens is 1. The first kappa shape index (κ1) is 21.4. The lowest BCUT2D eigenvalue weighted by molar-refractivity contribution is 0.0996. The summed E-state index contributed by atoms with van der Waals surface area (Å²) >= 11 is 0. The molecule has 0 aliphatic rings. The lowest BCUT2D eigenvalue weighted by atomic mass is 9.93. The van der Waals surface area contributed by atoms with Gasteiger partial charge in [0, 0.05) is 11.3 Å². The molecule has 0 radical (unpaired) electrons. The van der Waals surface area contributed by atoms with Crippen molar-refractivity contribution in [3.63, 3.8) is 0 Å². The largest absolute Gasteiger partial charge is 0.508 e. The second kappa shape index (κ2) is 9.55. The van der Waals surface area contributed by atoms with Crippen LogP contribution in [-0.2, 0) is 0 Å². The summed E-state index contributed by atoms with van der Waals surface area (Å²) in [5.41, 5.74) is 15.4. The number of benzene rings is 1. The summed E-state index contributed by atoms with van der Waals surface area (Å²) in [7, 11) is 0. The van der Waals surface area contributed by atoms with Gasteiger partial charge in [0.1, 0.15) is 5.75 Å². The van der Waals surface area contributed by atoms with Gasteiger partial charge in [0.05, 0.1) is 5.69 Å². The highest BCUT2D eigenvalue weighted by Gasteiger charge is 2.18. The van der Waals surface area contributed by atoms with Crippen molar-refractivity contribution in [2.75, 3.05) is 5.73 Å². The molecule has 5 N–H and O–H groups in total. The van der Waals surface area contributed by atoms with Gasteiger partial charge < -0.3 is 16.6 Å². The fraction of sp³-hybridized carbons (Fsp3) is 0.368. The van der Waals surface area contributed by atoms with Crippen molar-refractivity contribution in [1.82, 2.24) is 4.98 Å². The Bertz CT molecular complexity index is 710. The molecule has 0 saturated carbocycles. The number of carbonyl (C=O) groups is 1. The van der Waals surface area contributed by atoms with Gasteiger partial charge in [0.2, 0.25) is 0 Å². The number of aromatic hydroxyl groups is 1. The molecule has 2 rings (SSSR count). The standard InChI is InChI=1S/C15H17N3O2.2C2H6/c1-7-4-5-11(19)9(3)12(7)10-6-8(2)18-14(13(10)16)15(17)20;2*1-2/h4-6,19H,16H2,1-3H3,(H2,17,20);2*1-2H3. The van der Waals surface area contributed by atoms with Crippen LogP contribution < -0.4 is 11.5 Å². The first-order valence-corrected chi connectivity index (χ1v) is 8.19. The normalized spacial score (nSPS) is 9.29. The Morgan fingerprint density at radius 1 is 1.08 bits per heavy atom. The number of pyridine rings is 1. The molecule has 0 bridgehead atoms. The van der Waals surface area contributed by atoms with E-state index in [4.69, 9.17) is 11.5 Å². The summed E-state index contributed by atoms with van der Waals surface area (Å²) in [6, 6.07) is 5.22. The highest BCUT2D eigenvalue weighted by atomic mass is 16.3. The smallest absolute Gasteiger partial charge is 0.269 e. The van der Waals surface area contributed by atoms with Crippen LogP contribution in [0.15, 0.2) is 18.2 Å². The Hall–Kier alpha value is -2.56. The molecule has 0 spiro atoms. The van der Waals surface area contributed by atoms with Crippen molar-refractivity contribution in [3.8, 4) is 16.9 Å². The Balaban J connectivity index is 0.00000123. The fourth-order valence-corrected chi connectivity index (χ4v) is 2.33. The highest BCUT2D eigenvalue weighted by Crippen LogP contribution is 2.36. The molecule has 1 heterocycles. The summed E-state index contributed by atoms with van der Waals surface area (Å²) in [5, 5.41) is 9.88. The van der Waals surface area contributed by atoms with E-state index in [-0.39, 0.29) is 17.1 Å². The number of hydrogen-bond donors (Lipinski definition) is 3. The maximum atomic E-state index is 11.4. The molecule has 24 heavy (non-hydrogen) atoms.